The van der Waals surface area contributed by atoms with Gasteiger partial charge in [-0.05, 0) is 36.9 Å². The van der Waals surface area contributed by atoms with E-state index in [9.17, 15) is 14.4 Å². The highest BCUT2D eigenvalue weighted by Gasteiger charge is 2.18. The van der Waals surface area contributed by atoms with Crippen LogP contribution in [0.5, 0.6) is 0 Å². The van der Waals surface area contributed by atoms with Gasteiger partial charge in [-0.2, -0.15) is 0 Å². The van der Waals surface area contributed by atoms with Crippen molar-refractivity contribution in [3.05, 3.63) is 51.6 Å². The Kier molecular flexibility index (Phi) is 6.19. The predicted octanol–water partition coefficient (Wildman–Crippen LogP) is 3.84. The lowest BCUT2D eigenvalue weighted by Crippen LogP contribution is -2.22. The lowest BCUT2D eigenvalue weighted by molar-refractivity contribution is -0.113. The van der Waals surface area contributed by atoms with Gasteiger partial charge in [-0.3, -0.25) is 23.4 Å². The number of nitrogens with one attached hydrogen (secondary N) is 1. The first kappa shape index (κ1) is 21.3. The monoisotopic (exact) mass is 455 g/mol. The van der Waals surface area contributed by atoms with E-state index in [0.717, 1.165) is 18.4 Å². The van der Waals surface area contributed by atoms with Gasteiger partial charge in [-0.1, -0.05) is 37.2 Å². The second-order valence-corrected chi connectivity index (χ2v) is 8.90. The maximum absolute atomic E-state index is 12.9. The Morgan fingerprint density at radius 1 is 1.23 bits per heavy atom. The number of nitrogens with zero attached hydrogens (tertiary/aromatic N) is 4. The average Bonchev–Trinajstić information content (AvgIpc) is 3.39. The molecule has 1 aromatic carbocycles. The molecule has 1 amide bonds. The summed E-state index contributed by atoms with van der Waals surface area (Å²) < 4.78 is 4.15. The van der Waals surface area contributed by atoms with E-state index in [1.807, 2.05) is 15.8 Å². The minimum atomic E-state index is -0.219. The van der Waals surface area contributed by atoms with E-state index in [0.29, 0.717) is 33.4 Å². The summed E-state index contributed by atoms with van der Waals surface area (Å²) in [6.45, 7) is 4.13. The molecule has 3 aromatic heterocycles. The number of aryl methyl sites for hydroxylation is 1. The van der Waals surface area contributed by atoms with Gasteiger partial charge in [0.05, 0.1) is 11.3 Å². The minimum absolute atomic E-state index is 0.0574. The van der Waals surface area contributed by atoms with Crippen molar-refractivity contribution in [2.75, 3.05) is 11.1 Å². The summed E-state index contributed by atoms with van der Waals surface area (Å²) in [5.74, 6) is 0.323. The number of benzene rings is 1. The zero-order valence-electron chi connectivity index (χ0n) is 17.1. The fourth-order valence-electron chi connectivity index (χ4n) is 3.25. The second kappa shape index (κ2) is 9.03. The molecular formula is C21H21N5O3S2. The van der Waals surface area contributed by atoms with Gasteiger partial charge in [-0.25, -0.2) is 0 Å². The molecule has 0 saturated carbocycles. The molecule has 0 radical (unpaired) electrons. The quantitative estimate of drug-likeness (QED) is 0.320. The Labute approximate surface area is 186 Å². The van der Waals surface area contributed by atoms with Crippen molar-refractivity contribution < 1.29 is 9.59 Å². The van der Waals surface area contributed by atoms with Crippen LogP contribution in [0.4, 0.5) is 5.69 Å². The Morgan fingerprint density at radius 3 is 2.84 bits per heavy atom. The number of unbranched alkanes of at least 4 members (excludes halogenated alkanes) is 1. The number of amides is 1. The van der Waals surface area contributed by atoms with Crippen LogP contribution in [-0.4, -0.2) is 36.6 Å². The molecule has 0 spiro atoms. The van der Waals surface area contributed by atoms with Gasteiger partial charge in [0.15, 0.2) is 10.9 Å². The van der Waals surface area contributed by atoms with Gasteiger partial charge in [0.2, 0.25) is 11.7 Å². The zero-order valence-corrected chi connectivity index (χ0v) is 18.8. The number of ketones is 1. The Balaban J connectivity index is 1.58. The fraction of sp³-hybridized carbons (Fsp3) is 0.286. The summed E-state index contributed by atoms with van der Waals surface area (Å²) in [4.78, 5) is 36.9. The summed E-state index contributed by atoms with van der Waals surface area (Å²) in [6, 6.07) is 8.70. The second-order valence-electron chi connectivity index (χ2n) is 7.04. The minimum Gasteiger partial charge on any atom is -0.325 e. The van der Waals surface area contributed by atoms with E-state index >= 15 is 0 Å². The normalized spacial score (nSPS) is 11.3. The molecule has 0 bridgehead atoms. The van der Waals surface area contributed by atoms with Crippen molar-refractivity contribution in [1.29, 1.82) is 0 Å². The number of thioether (sulfide) groups is 1. The molecule has 4 aromatic rings. The summed E-state index contributed by atoms with van der Waals surface area (Å²) in [6.07, 6.45) is 1.82. The molecule has 8 nitrogen and oxygen atoms in total. The van der Waals surface area contributed by atoms with Gasteiger partial charge < -0.3 is 5.32 Å². The number of hydrogen-bond acceptors (Lipinski definition) is 7. The number of carbonyl (C=O) groups is 2. The topological polar surface area (TPSA) is 98.4 Å². The van der Waals surface area contributed by atoms with E-state index < -0.39 is 0 Å². The highest BCUT2D eigenvalue weighted by atomic mass is 32.2. The molecule has 10 heteroatoms. The number of anilines is 1. The van der Waals surface area contributed by atoms with E-state index in [2.05, 4.69) is 22.4 Å². The summed E-state index contributed by atoms with van der Waals surface area (Å²) >= 11 is 2.64. The van der Waals surface area contributed by atoms with E-state index in [1.54, 1.807) is 28.8 Å². The molecule has 0 aliphatic heterocycles. The van der Waals surface area contributed by atoms with E-state index in [4.69, 9.17) is 0 Å². The van der Waals surface area contributed by atoms with Gasteiger partial charge >= 0.3 is 0 Å². The lowest BCUT2D eigenvalue weighted by atomic mass is 10.1. The van der Waals surface area contributed by atoms with Crippen LogP contribution in [0.15, 0.2) is 45.7 Å². The molecule has 0 saturated heterocycles. The number of rotatable bonds is 8. The highest BCUT2D eigenvalue weighted by Crippen LogP contribution is 2.24. The van der Waals surface area contributed by atoms with Crippen molar-refractivity contribution in [1.82, 2.24) is 19.2 Å². The van der Waals surface area contributed by atoms with Crippen molar-refractivity contribution in [3.63, 3.8) is 0 Å². The lowest BCUT2D eigenvalue weighted by Gasteiger charge is -2.09. The standard InChI is InChI=1S/C21H21N5O3S2/c1-3-4-9-25-19(29)18-16(8-10-30-18)26-20(25)23-24-21(26)31-12-17(28)22-15-7-5-6-14(11-15)13(2)27/h5-8,10-11H,3-4,9,12H2,1-2H3,(H,22,28). The molecule has 0 atom stereocenters. The number of hydrogen-bond donors (Lipinski definition) is 1. The molecule has 0 unspecified atom stereocenters. The molecule has 0 aliphatic rings. The van der Waals surface area contributed by atoms with Gasteiger partial charge in [0, 0.05) is 17.8 Å². The molecule has 4 rings (SSSR count). The van der Waals surface area contributed by atoms with E-state index in [-0.39, 0.29) is 23.0 Å². The van der Waals surface area contributed by atoms with Crippen LogP contribution in [0.25, 0.3) is 16.0 Å². The largest absolute Gasteiger partial charge is 0.325 e. The number of thiophene rings is 1. The van der Waals surface area contributed by atoms with Crippen LogP contribution >= 0.6 is 23.1 Å². The van der Waals surface area contributed by atoms with Crippen LogP contribution in [0.3, 0.4) is 0 Å². The molecule has 0 aliphatic carbocycles. The summed E-state index contributed by atoms with van der Waals surface area (Å²) in [5.41, 5.74) is 1.80. The van der Waals surface area contributed by atoms with Gasteiger partial charge in [0.25, 0.3) is 5.56 Å². The van der Waals surface area contributed by atoms with Crippen LogP contribution in [0.2, 0.25) is 0 Å². The number of aromatic nitrogens is 4. The Bertz CT molecular complexity index is 1340. The van der Waals surface area contributed by atoms with Crippen molar-refractivity contribution >= 4 is 56.5 Å². The molecular weight excluding hydrogens is 434 g/mol. The molecule has 0 fully saturated rings. The van der Waals surface area contributed by atoms with Crippen LogP contribution < -0.4 is 10.9 Å². The third kappa shape index (κ3) is 4.26. The van der Waals surface area contributed by atoms with Crippen LogP contribution in [-0.2, 0) is 11.3 Å². The van der Waals surface area contributed by atoms with Crippen molar-refractivity contribution in [2.45, 2.75) is 38.4 Å². The first-order chi connectivity index (χ1) is 15.0. The summed E-state index contributed by atoms with van der Waals surface area (Å²) in [5, 5.41) is 13.7. The first-order valence-corrected chi connectivity index (χ1v) is 11.7. The first-order valence-electron chi connectivity index (χ1n) is 9.88. The Morgan fingerprint density at radius 2 is 2.06 bits per heavy atom. The Hall–Kier alpha value is -2.98. The number of carbonyl (C=O) groups excluding carboxylic acids is 2. The van der Waals surface area contributed by atoms with Crippen LogP contribution in [0.1, 0.15) is 37.0 Å². The predicted molar refractivity (Wildman–Crippen MR) is 123 cm³/mol. The smallest absolute Gasteiger partial charge is 0.272 e. The van der Waals surface area contributed by atoms with Crippen molar-refractivity contribution in [2.24, 2.45) is 0 Å². The SMILES string of the molecule is CCCCn1c(=O)c2sccc2n2c(SCC(=O)Nc3cccc(C(C)=O)c3)nnc12. The van der Waals surface area contributed by atoms with Crippen LogP contribution in [0, 0.1) is 0 Å². The average molecular weight is 456 g/mol. The van der Waals surface area contributed by atoms with E-state index in [1.165, 1.54) is 30.0 Å². The van der Waals surface area contributed by atoms with Gasteiger partial charge in [-0.15, -0.1) is 21.5 Å². The number of fused-ring (bicyclic) bond motifs is 3. The molecule has 160 valence electrons. The van der Waals surface area contributed by atoms with Crippen molar-refractivity contribution in [3.8, 4) is 0 Å². The molecule has 31 heavy (non-hydrogen) atoms. The summed E-state index contributed by atoms with van der Waals surface area (Å²) in [7, 11) is 0. The molecule has 3 heterocycles. The maximum Gasteiger partial charge on any atom is 0.272 e. The number of Topliss-reactive ketones (excluding diaryl/α,β-unsaturated/α-hetero) is 1. The highest BCUT2D eigenvalue weighted by molar-refractivity contribution is 7.99. The zero-order chi connectivity index (χ0) is 22.0. The third-order valence-electron chi connectivity index (χ3n) is 4.80. The fourth-order valence-corrected chi connectivity index (χ4v) is 4.82. The molecule has 1 N–H and O–H groups in total. The third-order valence-corrected chi connectivity index (χ3v) is 6.62. The van der Waals surface area contributed by atoms with Gasteiger partial charge in [0.1, 0.15) is 4.70 Å². The maximum atomic E-state index is 12.9.